The van der Waals surface area contributed by atoms with Crippen LogP contribution in [0.4, 0.5) is 10.5 Å². The molecule has 0 saturated carbocycles. The lowest BCUT2D eigenvalue weighted by atomic mass is 10.2. The number of unbranched alkanes of at least 4 members (excludes halogenated alkanes) is 1. The second-order valence-electron chi connectivity index (χ2n) is 3.62. The van der Waals surface area contributed by atoms with Gasteiger partial charge >= 0.3 is 12.0 Å². The highest BCUT2D eigenvalue weighted by Gasteiger charge is 2.08. The third kappa shape index (κ3) is 6.00. The Labute approximate surface area is 108 Å². The molecule has 18 heavy (non-hydrogen) atoms. The molecule has 0 aliphatic rings. The molecule has 0 aromatic carbocycles. The number of rotatable bonds is 6. The average molecular weight is 270 g/mol. The van der Waals surface area contributed by atoms with Crippen LogP contribution in [0, 0.1) is 0 Å². The fraction of sp³-hybridized carbons (Fsp3) is 0.364. The number of carboxylic acid groups (broad SMARTS) is 1. The van der Waals surface area contributed by atoms with Crippen molar-refractivity contribution < 1.29 is 19.5 Å². The van der Waals surface area contributed by atoms with Crippen molar-refractivity contribution in [1.29, 1.82) is 0 Å². The van der Waals surface area contributed by atoms with Crippen molar-refractivity contribution in [2.24, 2.45) is 0 Å². The first-order valence-corrected chi connectivity index (χ1v) is 6.37. The molecule has 98 valence electrons. The number of amides is 3. The molecule has 0 saturated heterocycles. The van der Waals surface area contributed by atoms with Gasteiger partial charge in [-0.1, -0.05) is 0 Å². The van der Waals surface area contributed by atoms with E-state index in [1.807, 2.05) is 5.38 Å². The molecule has 1 rings (SSSR count). The quantitative estimate of drug-likeness (QED) is 0.689. The summed E-state index contributed by atoms with van der Waals surface area (Å²) in [6.45, 7) is 0. The van der Waals surface area contributed by atoms with Crippen molar-refractivity contribution in [3.8, 4) is 0 Å². The summed E-state index contributed by atoms with van der Waals surface area (Å²) in [7, 11) is 0. The van der Waals surface area contributed by atoms with Crippen LogP contribution in [0.5, 0.6) is 0 Å². The molecule has 3 N–H and O–H groups in total. The number of hydrogen-bond acceptors (Lipinski definition) is 4. The van der Waals surface area contributed by atoms with Crippen molar-refractivity contribution in [2.75, 3.05) is 5.32 Å². The van der Waals surface area contributed by atoms with E-state index in [9.17, 15) is 14.4 Å². The predicted molar refractivity (Wildman–Crippen MR) is 67.6 cm³/mol. The zero-order valence-corrected chi connectivity index (χ0v) is 10.5. The van der Waals surface area contributed by atoms with Gasteiger partial charge in [-0.05, 0) is 24.3 Å². The number of anilines is 1. The lowest BCUT2D eigenvalue weighted by molar-refractivity contribution is -0.137. The highest BCUT2D eigenvalue weighted by molar-refractivity contribution is 7.08. The van der Waals surface area contributed by atoms with Gasteiger partial charge < -0.3 is 10.4 Å². The number of aliphatic carboxylic acids is 1. The smallest absolute Gasteiger partial charge is 0.325 e. The van der Waals surface area contributed by atoms with Gasteiger partial charge in [0, 0.05) is 18.2 Å². The zero-order valence-electron chi connectivity index (χ0n) is 9.64. The topological polar surface area (TPSA) is 95.5 Å². The van der Waals surface area contributed by atoms with E-state index in [0.29, 0.717) is 18.5 Å². The fourth-order valence-electron chi connectivity index (χ4n) is 1.25. The Hall–Kier alpha value is -1.89. The van der Waals surface area contributed by atoms with E-state index >= 15 is 0 Å². The molecule has 0 aliphatic carbocycles. The number of nitrogens with one attached hydrogen (secondary N) is 2. The molecule has 7 heteroatoms. The van der Waals surface area contributed by atoms with Crippen LogP contribution in [-0.2, 0) is 9.59 Å². The number of carboxylic acids is 1. The van der Waals surface area contributed by atoms with Crippen LogP contribution in [0.25, 0.3) is 0 Å². The van der Waals surface area contributed by atoms with E-state index < -0.39 is 17.9 Å². The third-order valence-electron chi connectivity index (χ3n) is 2.08. The minimum Gasteiger partial charge on any atom is -0.481 e. The van der Waals surface area contributed by atoms with Crippen LogP contribution in [0.15, 0.2) is 16.8 Å². The third-order valence-corrected chi connectivity index (χ3v) is 2.76. The molecule has 0 fully saturated rings. The average Bonchev–Trinajstić information content (AvgIpc) is 2.76. The highest BCUT2D eigenvalue weighted by Crippen LogP contribution is 2.11. The van der Waals surface area contributed by atoms with Crippen LogP contribution < -0.4 is 10.6 Å². The summed E-state index contributed by atoms with van der Waals surface area (Å²) in [4.78, 5) is 32.9. The van der Waals surface area contributed by atoms with Gasteiger partial charge in [0.05, 0.1) is 5.69 Å². The first-order valence-electron chi connectivity index (χ1n) is 5.43. The Bertz CT molecular complexity index is 417. The molecule has 0 atom stereocenters. The minimum atomic E-state index is -0.884. The van der Waals surface area contributed by atoms with Crippen LogP contribution in [0.1, 0.15) is 25.7 Å². The van der Waals surface area contributed by atoms with E-state index in [-0.39, 0.29) is 12.8 Å². The van der Waals surface area contributed by atoms with Gasteiger partial charge in [-0.2, -0.15) is 11.3 Å². The van der Waals surface area contributed by atoms with E-state index in [2.05, 4.69) is 10.6 Å². The van der Waals surface area contributed by atoms with Gasteiger partial charge in [0.2, 0.25) is 5.91 Å². The predicted octanol–water partition coefficient (Wildman–Crippen LogP) is 2.04. The molecule has 1 aromatic heterocycles. The molecule has 0 bridgehead atoms. The maximum absolute atomic E-state index is 11.3. The van der Waals surface area contributed by atoms with Crippen LogP contribution in [0.2, 0.25) is 0 Å². The Morgan fingerprint density at radius 1 is 1.22 bits per heavy atom. The molecular weight excluding hydrogens is 256 g/mol. The first-order chi connectivity index (χ1) is 8.58. The summed E-state index contributed by atoms with van der Waals surface area (Å²) in [5.74, 6) is -1.29. The van der Waals surface area contributed by atoms with Gasteiger partial charge in [-0.3, -0.25) is 14.9 Å². The summed E-state index contributed by atoms with van der Waals surface area (Å²) in [5, 5.41) is 16.6. The van der Waals surface area contributed by atoms with Gasteiger partial charge in [0.25, 0.3) is 0 Å². The van der Waals surface area contributed by atoms with E-state index in [0.717, 1.165) is 0 Å². The lowest BCUT2D eigenvalue weighted by Crippen LogP contribution is -2.34. The van der Waals surface area contributed by atoms with Crippen molar-refractivity contribution in [3.05, 3.63) is 16.8 Å². The number of thiophene rings is 1. The minimum absolute atomic E-state index is 0.0361. The largest absolute Gasteiger partial charge is 0.481 e. The monoisotopic (exact) mass is 270 g/mol. The molecule has 0 spiro atoms. The van der Waals surface area contributed by atoms with Gasteiger partial charge in [-0.25, -0.2) is 4.79 Å². The fourth-order valence-corrected chi connectivity index (χ4v) is 1.84. The SMILES string of the molecule is O=C(O)CCCCC(=O)NC(=O)Nc1ccsc1. The maximum atomic E-state index is 11.3. The lowest BCUT2D eigenvalue weighted by Gasteiger charge is -2.04. The molecular formula is C11H14N2O4S. The molecule has 0 radical (unpaired) electrons. The Balaban J connectivity index is 2.15. The van der Waals surface area contributed by atoms with Crippen LogP contribution >= 0.6 is 11.3 Å². The number of urea groups is 1. The number of imide groups is 1. The number of carbonyl (C=O) groups is 3. The van der Waals surface area contributed by atoms with E-state index in [4.69, 9.17) is 5.11 Å². The molecule has 0 unspecified atom stereocenters. The van der Waals surface area contributed by atoms with Crippen LogP contribution in [-0.4, -0.2) is 23.0 Å². The molecule has 6 nitrogen and oxygen atoms in total. The normalized spacial score (nSPS) is 9.78. The standard InChI is InChI=1S/C11H14N2O4S/c14-9(3-1-2-4-10(15)16)13-11(17)12-8-5-6-18-7-8/h5-7H,1-4H2,(H,15,16)(H2,12,13,14,17). The van der Waals surface area contributed by atoms with Crippen molar-refractivity contribution in [1.82, 2.24) is 5.32 Å². The summed E-state index contributed by atoms with van der Waals surface area (Å²) < 4.78 is 0. The molecule has 0 aliphatic heterocycles. The zero-order chi connectivity index (χ0) is 13.4. The van der Waals surface area contributed by atoms with Crippen molar-refractivity contribution in [3.63, 3.8) is 0 Å². The summed E-state index contributed by atoms with van der Waals surface area (Å²) in [6.07, 6.45) is 1.05. The second kappa shape index (κ2) is 7.44. The first kappa shape index (κ1) is 14.2. The maximum Gasteiger partial charge on any atom is 0.325 e. The van der Waals surface area contributed by atoms with E-state index in [1.165, 1.54) is 11.3 Å². The Morgan fingerprint density at radius 2 is 1.94 bits per heavy atom. The Kier molecular flexibility index (Phi) is 5.86. The highest BCUT2D eigenvalue weighted by atomic mass is 32.1. The Morgan fingerprint density at radius 3 is 2.56 bits per heavy atom. The van der Waals surface area contributed by atoms with Crippen molar-refractivity contribution in [2.45, 2.75) is 25.7 Å². The van der Waals surface area contributed by atoms with Crippen LogP contribution in [0.3, 0.4) is 0 Å². The van der Waals surface area contributed by atoms with Gasteiger partial charge in [-0.15, -0.1) is 0 Å². The van der Waals surface area contributed by atoms with Gasteiger partial charge in [0.1, 0.15) is 0 Å². The molecule has 3 amide bonds. The summed E-state index contributed by atoms with van der Waals surface area (Å²) >= 11 is 1.44. The molecule has 1 aromatic rings. The van der Waals surface area contributed by atoms with Crippen molar-refractivity contribution >= 4 is 34.9 Å². The number of hydrogen-bond donors (Lipinski definition) is 3. The summed E-state index contributed by atoms with van der Waals surface area (Å²) in [6, 6.07) is 1.15. The second-order valence-corrected chi connectivity index (χ2v) is 4.40. The summed E-state index contributed by atoms with van der Waals surface area (Å²) in [5.41, 5.74) is 0.635. The number of carbonyl (C=O) groups excluding carboxylic acids is 2. The van der Waals surface area contributed by atoms with Gasteiger partial charge in [0.15, 0.2) is 0 Å². The molecule has 1 heterocycles. The van der Waals surface area contributed by atoms with E-state index in [1.54, 1.807) is 11.4 Å².